The molecule has 0 heterocycles. The van der Waals surface area contributed by atoms with Gasteiger partial charge in [-0.25, -0.2) is 0 Å². The average Bonchev–Trinajstić information content (AvgIpc) is 2.30. The van der Waals surface area contributed by atoms with Gasteiger partial charge in [-0.2, -0.15) is 11.8 Å². The lowest BCUT2D eigenvalue weighted by Gasteiger charge is -2.42. The molecule has 3 unspecified atom stereocenters. The summed E-state index contributed by atoms with van der Waals surface area (Å²) in [5, 5.41) is 3.41. The zero-order valence-corrected chi connectivity index (χ0v) is 13.9. The predicted octanol–water partition coefficient (Wildman–Crippen LogP) is 4.43. The molecular weight excluding hydrogens is 238 g/mol. The fourth-order valence-corrected chi connectivity index (χ4v) is 3.94. The Morgan fingerprint density at radius 2 is 1.89 bits per heavy atom. The Kier molecular flexibility index (Phi) is 7.08. The normalized spacial score (nSPS) is 29.5. The van der Waals surface area contributed by atoms with E-state index in [1.54, 1.807) is 0 Å². The first-order valence-electron chi connectivity index (χ1n) is 7.62. The molecule has 18 heavy (non-hydrogen) atoms. The Bertz CT molecular complexity index is 222. The summed E-state index contributed by atoms with van der Waals surface area (Å²) >= 11 is 2.00. The van der Waals surface area contributed by atoms with Gasteiger partial charge < -0.3 is 5.32 Å². The Morgan fingerprint density at radius 3 is 2.44 bits per heavy atom. The molecular formula is C16H33NS. The van der Waals surface area contributed by atoms with Crippen molar-refractivity contribution in [1.82, 2.24) is 5.32 Å². The summed E-state index contributed by atoms with van der Waals surface area (Å²) in [6.45, 7) is 8.50. The molecule has 0 spiro atoms. The van der Waals surface area contributed by atoms with Crippen molar-refractivity contribution in [2.24, 2.45) is 23.2 Å². The molecule has 3 atom stereocenters. The molecule has 1 rings (SSSR count). The van der Waals surface area contributed by atoms with Gasteiger partial charge in [-0.15, -0.1) is 0 Å². The first-order valence-corrected chi connectivity index (χ1v) is 9.02. The van der Waals surface area contributed by atoms with Gasteiger partial charge in [0.05, 0.1) is 0 Å². The van der Waals surface area contributed by atoms with E-state index in [-0.39, 0.29) is 0 Å². The number of rotatable bonds is 6. The maximum Gasteiger partial charge on any atom is -0.00209 e. The fourth-order valence-electron chi connectivity index (χ4n) is 3.49. The zero-order valence-electron chi connectivity index (χ0n) is 13.1. The number of hydrogen-bond donors (Lipinski definition) is 1. The van der Waals surface area contributed by atoms with Crippen molar-refractivity contribution in [3.05, 3.63) is 0 Å². The molecule has 1 N–H and O–H groups in total. The molecule has 0 saturated heterocycles. The predicted molar refractivity (Wildman–Crippen MR) is 85.3 cm³/mol. The van der Waals surface area contributed by atoms with Crippen LogP contribution in [0, 0.1) is 23.2 Å². The largest absolute Gasteiger partial charge is 0.319 e. The highest BCUT2D eigenvalue weighted by atomic mass is 32.2. The minimum atomic E-state index is 0.502. The van der Waals surface area contributed by atoms with Gasteiger partial charge in [-0.3, -0.25) is 0 Å². The highest BCUT2D eigenvalue weighted by Gasteiger charge is 2.35. The third-order valence-electron chi connectivity index (χ3n) is 4.75. The van der Waals surface area contributed by atoms with Crippen LogP contribution in [-0.4, -0.2) is 25.6 Å². The summed E-state index contributed by atoms with van der Waals surface area (Å²) < 4.78 is 0. The highest BCUT2D eigenvalue weighted by molar-refractivity contribution is 7.98. The van der Waals surface area contributed by atoms with Gasteiger partial charge in [0.25, 0.3) is 0 Å². The number of hydrogen-bond acceptors (Lipinski definition) is 2. The van der Waals surface area contributed by atoms with E-state index in [0.717, 1.165) is 17.8 Å². The summed E-state index contributed by atoms with van der Waals surface area (Å²) in [6, 6.07) is 0. The molecule has 2 heteroatoms. The van der Waals surface area contributed by atoms with E-state index in [9.17, 15) is 0 Å². The third kappa shape index (κ3) is 5.13. The first-order chi connectivity index (χ1) is 8.49. The van der Waals surface area contributed by atoms with Crippen molar-refractivity contribution in [3.8, 4) is 0 Å². The van der Waals surface area contributed by atoms with Crippen molar-refractivity contribution >= 4 is 11.8 Å². The smallest absolute Gasteiger partial charge is 0.00209 e. The maximum absolute atomic E-state index is 3.41. The Labute approximate surface area is 119 Å². The molecule has 108 valence electrons. The van der Waals surface area contributed by atoms with E-state index in [2.05, 4.69) is 39.4 Å². The van der Waals surface area contributed by atoms with Crippen LogP contribution in [0.1, 0.15) is 52.9 Å². The van der Waals surface area contributed by atoms with Gasteiger partial charge in [-0.1, -0.05) is 20.8 Å². The number of nitrogens with one attached hydrogen (secondary N) is 1. The van der Waals surface area contributed by atoms with Crippen LogP contribution in [0.15, 0.2) is 0 Å². The topological polar surface area (TPSA) is 12.0 Å². The zero-order chi connectivity index (χ0) is 13.6. The molecule has 1 fully saturated rings. The molecule has 1 aliphatic carbocycles. The quantitative estimate of drug-likeness (QED) is 0.717. The van der Waals surface area contributed by atoms with Crippen LogP contribution in [-0.2, 0) is 0 Å². The van der Waals surface area contributed by atoms with Gasteiger partial charge in [0.15, 0.2) is 0 Å². The summed E-state index contributed by atoms with van der Waals surface area (Å²) in [5.74, 6) is 4.16. The standard InChI is InChI=1S/C16H33NS/c1-16(2,3)15-9-8-14(12-17-4)13(11-15)7-6-10-18-5/h13-15,17H,6-12H2,1-5H3. The lowest BCUT2D eigenvalue weighted by atomic mass is 9.64. The van der Waals surface area contributed by atoms with Crippen LogP contribution in [0.2, 0.25) is 0 Å². The van der Waals surface area contributed by atoms with Crippen LogP contribution in [0.4, 0.5) is 0 Å². The molecule has 0 aliphatic heterocycles. The van der Waals surface area contributed by atoms with Gasteiger partial charge in [0, 0.05) is 0 Å². The molecule has 0 aromatic heterocycles. The van der Waals surface area contributed by atoms with E-state index in [1.807, 2.05) is 11.8 Å². The average molecular weight is 272 g/mol. The maximum atomic E-state index is 3.41. The minimum absolute atomic E-state index is 0.502. The molecule has 0 aromatic rings. The highest BCUT2D eigenvalue weighted by Crippen LogP contribution is 2.44. The third-order valence-corrected chi connectivity index (χ3v) is 5.45. The summed E-state index contributed by atoms with van der Waals surface area (Å²) in [7, 11) is 2.11. The van der Waals surface area contributed by atoms with Crippen molar-refractivity contribution in [1.29, 1.82) is 0 Å². The van der Waals surface area contributed by atoms with E-state index in [0.29, 0.717) is 5.41 Å². The Balaban J connectivity index is 2.52. The van der Waals surface area contributed by atoms with E-state index in [4.69, 9.17) is 0 Å². The molecule has 0 bridgehead atoms. The Morgan fingerprint density at radius 1 is 1.17 bits per heavy atom. The molecule has 0 aromatic carbocycles. The van der Waals surface area contributed by atoms with Gasteiger partial charge in [0.1, 0.15) is 0 Å². The van der Waals surface area contributed by atoms with Crippen LogP contribution in [0.5, 0.6) is 0 Å². The van der Waals surface area contributed by atoms with Crippen LogP contribution in [0.25, 0.3) is 0 Å². The van der Waals surface area contributed by atoms with Crippen molar-refractivity contribution in [2.45, 2.75) is 52.9 Å². The summed E-state index contributed by atoms with van der Waals surface area (Å²) in [6.07, 6.45) is 9.42. The second kappa shape index (κ2) is 7.79. The second-order valence-electron chi connectivity index (χ2n) is 7.09. The van der Waals surface area contributed by atoms with Crippen LogP contribution >= 0.6 is 11.8 Å². The first kappa shape index (κ1) is 16.4. The molecule has 1 nitrogen and oxygen atoms in total. The lowest BCUT2D eigenvalue weighted by Crippen LogP contribution is -2.36. The summed E-state index contributed by atoms with van der Waals surface area (Å²) in [5.41, 5.74) is 0.502. The summed E-state index contributed by atoms with van der Waals surface area (Å²) in [4.78, 5) is 0. The molecule has 0 radical (unpaired) electrons. The molecule has 1 saturated carbocycles. The van der Waals surface area contributed by atoms with Crippen LogP contribution < -0.4 is 5.32 Å². The van der Waals surface area contributed by atoms with Crippen molar-refractivity contribution in [2.75, 3.05) is 25.6 Å². The van der Waals surface area contributed by atoms with E-state index >= 15 is 0 Å². The monoisotopic (exact) mass is 271 g/mol. The fraction of sp³-hybridized carbons (Fsp3) is 1.00. The number of thioether (sulfide) groups is 1. The second-order valence-corrected chi connectivity index (χ2v) is 8.07. The lowest BCUT2D eigenvalue weighted by molar-refractivity contribution is 0.0932. The van der Waals surface area contributed by atoms with Gasteiger partial charge in [0.2, 0.25) is 0 Å². The minimum Gasteiger partial charge on any atom is -0.319 e. The van der Waals surface area contributed by atoms with Crippen molar-refractivity contribution < 1.29 is 0 Å². The molecule has 0 amide bonds. The van der Waals surface area contributed by atoms with E-state index in [1.165, 1.54) is 44.4 Å². The SMILES string of the molecule is CNCC1CCC(C(C)(C)C)CC1CCCSC. The van der Waals surface area contributed by atoms with Gasteiger partial charge >= 0.3 is 0 Å². The molecule has 1 aliphatic rings. The Hall–Kier alpha value is 0.310. The van der Waals surface area contributed by atoms with E-state index < -0.39 is 0 Å². The van der Waals surface area contributed by atoms with Gasteiger partial charge in [-0.05, 0) is 80.9 Å². The van der Waals surface area contributed by atoms with Crippen molar-refractivity contribution in [3.63, 3.8) is 0 Å². The van der Waals surface area contributed by atoms with Crippen LogP contribution in [0.3, 0.4) is 0 Å².